The predicted molar refractivity (Wildman–Crippen MR) is 124 cm³/mol. The molecule has 3 aromatic carbocycles. The zero-order chi connectivity index (χ0) is 20.9. The summed E-state index contributed by atoms with van der Waals surface area (Å²) in [5, 5.41) is 4.06. The molecule has 0 saturated carbocycles. The van der Waals surface area contributed by atoms with E-state index in [1.165, 1.54) is 11.8 Å². The first-order valence-electron chi connectivity index (χ1n) is 9.39. The molecule has 1 N–H and O–H groups in total. The van der Waals surface area contributed by atoms with Crippen molar-refractivity contribution in [1.29, 1.82) is 0 Å². The molecule has 1 fully saturated rings. The van der Waals surface area contributed by atoms with E-state index in [9.17, 15) is 4.79 Å². The number of para-hydroxylation sites is 1. The van der Waals surface area contributed by atoms with Gasteiger partial charge in [0, 0.05) is 10.6 Å². The molecule has 4 rings (SSSR count). The minimum atomic E-state index is -0.171. The molecule has 4 nitrogen and oxygen atoms in total. The van der Waals surface area contributed by atoms with Gasteiger partial charge in [-0.2, -0.15) is 0 Å². The van der Waals surface area contributed by atoms with Gasteiger partial charge in [-0.25, -0.2) is 4.99 Å². The van der Waals surface area contributed by atoms with Crippen molar-refractivity contribution < 1.29 is 9.53 Å². The van der Waals surface area contributed by atoms with Crippen LogP contribution in [0.3, 0.4) is 0 Å². The summed E-state index contributed by atoms with van der Waals surface area (Å²) in [6.45, 7) is 2.41. The van der Waals surface area contributed by atoms with Gasteiger partial charge in [-0.3, -0.25) is 4.79 Å². The van der Waals surface area contributed by atoms with Crippen molar-refractivity contribution in [2.45, 2.75) is 13.5 Å². The SMILES string of the molecule is Cc1ccc(N=C2NC(=O)/C(=C/c3ccccc3OCc3cccc(Cl)c3)S2)cc1. The number of carbonyl (C=O) groups excluding carboxylic acids is 1. The first-order chi connectivity index (χ1) is 14.6. The van der Waals surface area contributed by atoms with Crippen molar-refractivity contribution in [2.75, 3.05) is 0 Å². The smallest absolute Gasteiger partial charge is 0.264 e. The number of aryl methyl sites for hydroxylation is 1. The van der Waals surface area contributed by atoms with E-state index >= 15 is 0 Å². The maximum Gasteiger partial charge on any atom is 0.264 e. The maximum absolute atomic E-state index is 12.4. The Bertz CT molecular complexity index is 1140. The third-order valence-corrected chi connectivity index (χ3v) is 5.55. The largest absolute Gasteiger partial charge is 0.488 e. The molecular weight excluding hydrogens is 416 g/mol. The average Bonchev–Trinajstić information content (AvgIpc) is 3.08. The molecule has 1 amide bonds. The van der Waals surface area contributed by atoms with Crippen LogP contribution >= 0.6 is 23.4 Å². The predicted octanol–water partition coefficient (Wildman–Crippen LogP) is 6.12. The third-order valence-electron chi connectivity index (χ3n) is 4.40. The molecule has 6 heteroatoms. The molecule has 3 aromatic rings. The summed E-state index contributed by atoms with van der Waals surface area (Å²) in [5.74, 6) is 0.526. The van der Waals surface area contributed by atoms with E-state index in [1.54, 1.807) is 0 Å². The van der Waals surface area contributed by atoms with E-state index in [2.05, 4.69) is 10.3 Å². The van der Waals surface area contributed by atoms with Crippen LogP contribution in [0.1, 0.15) is 16.7 Å². The van der Waals surface area contributed by atoms with Crippen LogP contribution in [0.25, 0.3) is 6.08 Å². The molecule has 0 aliphatic carbocycles. The van der Waals surface area contributed by atoms with Gasteiger partial charge in [0.15, 0.2) is 5.17 Å². The monoisotopic (exact) mass is 434 g/mol. The summed E-state index contributed by atoms with van der Waals surface area (Å²) in [7, 11) is 0. The number of benzene rings is 3. The van der Waals surface area contributed by atoms with Crippen LogP contribution in [0.4, 0.5) is 5.69 Å². The van der Waals surface area contributed by atoms with Crippen molar-refractivity contribution in [3.8, 4) is 5.75 Å². The lowest BCUT2D eigenvalue weighted by atomic mass is 10.2. The molecule has 30 heavy (non-hydrogen) atoms. The number of ether oxygens (including phenoxy) is 1. The average molecular weight is 435 g/mol. The van der Waals surface area contributed by atoms with E-state index in [1.807, 2.05) is 85.8 Å². The Hall–Kier alpha value is -3.02. The lowest BCUT2D eigenvalue weighted by Crippen LogP contribution is -2.19. The van der Waals surface area contributed by atoms with E-state index in [4.69, 9.17) is 16.3 Å². The Balaban J connectivity index is 1.51. The van der Waals surface area contributed by atoms with Crippen molar-refractivity contribution in [1.82, 2.24) is 5.32 Å². The minimum Gasteiger partial charge on any atom is -0.488 e. The van der Waals surface area contributed by atoms with Crippen LogP contribution in [0.2, 0.25) is 5.02 Å². The Morgan fingerprint density at radius 1 is 1.07 bits per heavy atom. The first-order valence-corrected chi connectivity index (χ1v) is 10.6. The molecule has 1 aliphatic heterocycles. The second kappa shape index (κ2) is 9.20. The molecule has 0 aromatic heterocycles. The molecule has 1 heterocycles. The fourth-order valence-corrected chi connectivity index (χ4v) is 3.92. The molecule has 150 valence electrons. The van der Waals surface area contributed by atoms with Gasteiger partial charge >= 0.3 is 0 Å². The van der Waals surface area contributed by atoms with Gasteiger partial charge in [0.2, 0.25) is 0 Å². The van der Waals surface area contributed by atoms with Crippen LogP contribution < -0.4 is 10.1 Å². The van der Waals surface area contributed by atoms with Gasteiger partial charge in [0.1, 0.15) is 12.4 Å². The summed E-state index contributed by atoms with van der Waals surface area (Å²) in [4.78, 5) is 17.5. The Morgan fingerprint density at radius 3 is 2.67 bits per heavy atom. The van der Waals surface area contributed by atoms with E-state index in [-0.39, 0.29) is 5.91 Å². The fourth-order valence-electron chi connectivity index (χ4n) is 2.88. The number of rotatable bonds is 5. The minimum absolute atomic E-state index is 0.171. The van der Waals surface area contributed by atoms with Gasteiger partial charge in [-0.1, -0.05) is 59.6 Å². The molecule has 0 radical (unpaired) electrons. The Labute approximate surface area is 184 Å². The van der Waals surface area contributed by atoms with Crippen LogP contribution in [-0.4, -0.2) is 11.1 Å². The Kier molecular flexibility index (Phi) is 6.21. The molecule has 1 saturated heterocycles. The van der Waals surface area contributed by atoms with Gasteiger partial charge in [-0.05, 0) is 60.7 Å². The highest BCUT2D eigenvalue weighted by atomic mass is 35.5. The second-order valence-electron chi connectivity index (χ2n) is 6.77. The lowest BCUT2D eigenvalue weighted by molar-refractivity contribution is -0.115. The zero-order valence-corrected chi connectivity index (χ0v) is 17.8. The number of hydrogen-bond acceptors (Lipinski definition) is 4. The Morgan fingerprint density at radius 2 is 1.87 bits per heavy atom. The molecule has 0 atom stereocenters. The number of thioether (sulfide) groups is 1. The lowest BCUT2D eigenvalue weighted by Gasteiger charge is -2.09. The van der Waals surface area contributed by atoms with Crippen molar-refractivity contribution >= 4 is 46.2 Å². The summed E-state index contributed by atoms with van der Waals surface area (Å²) in [6.07, 6.45) is 1.82. The molecule has 0 spiro atoms. The summed E-state index contributed by atoms with van der Waals surface area (Å²) in [5.41, 5.74) is 3.77. The quantitative estimate of drug-likeness (QED) is 0.492. The molecule has 1 aliphatic rings. The maximum atomic E-state index is 12.4. The van der Waals surface area contributed by atoms with Gasteiger partial charge in [0.05, 0.1) is 10.6 Å². The van der Waals surface area contributed by atoms with E-state index in [0.717, 1.165) is 22.4 Å². The number of aliphatic imine (C=N–C) groups is 1. The number of hydrogen-bond donors (Lipinski definition) is 1. The standard InChI is InChI=1S/C24H19ClN2O2S/c1-16-9-11-20(12-10-16)26-24-27-23(28)22(30-24)14-18-6-2-3-8-21(18)29-15-17-5-4-7-19(25)13-17/h2-14H,15H2,1H3,(H,26,27,28)/b22-14-. The van der Waals surface area contributed by atoms with Gasteiger partial charge < -0.3 is 10.1 Å². The topological polar surface area (TPSA) is 50.7 Å². The highest BCUT2D eigenvalue weighted by molar-refractivity contribution is 8.18. The van der Waals surface area contributed by atoms with E-state index < -0.39 is 0 Å². The summed E-state index contributed by atoms with van der Waals surface area (Å²) < 4.78 is 5.98. The first kappa shape index (κ1) is 20.3. The number of amides is 1. The number of carbonyl (C=O) groups is 1. The molecular formula is C24H19ClN2O2S. The number of nitrogens with zero attached hydrogens (tertiary/aromatic N) is 1. The van der Waals surface area contributed by atoms with Crippen molar-refractivity contribution in [3.63, 3.8) is 0 Å². The molecule has 0 bridgehead atoms. The summed E-state index contributed by atoms with van der Waals surface area (Å²) >= 11 is 7.36. The molecule has 0 unspecified atom stereocenters. The van der Waals surface area contributed by atoms with Crippen LogP contribution in [0.5, 0.6) is 5.75 Å². The highest BCUT2D eigenvalue weighted by Crippen LogP contribution is 2.31. The number of nitrogens with one attached hydrogen (secondary N) is 1. The van der Waals surface area contributed by atoms with Crippen LogP contribution in [0, 0.1) is 6.92 Å². The summed E-state index contributed by atoms with van der Waals surface area (Å²) in [6, 6.07) is 23.0. The highest BCUT2D eigenvalue weighted by Gasteiger charge is 2.24. The van der Waals surface area contributed by atoms with Crippen molar-refractivity contribution in [3.05, 3.63) is 99.4 Å². The van der Waals surface area contributed by atoms with E-state index in [0.29, 0.717) is 27.5 Å². The second-order valence-corrected chi connectivity index (χ2v) is 8.24. The van der Waals surface area contributed by atoms with Gasteiger partial charge in [-0.15, -0.1) is 0 Å². The van der Waals surface area contributed by atoms with Crippen LogP contribution in [0.15, 0.2) is 82.7 Å². The third kappa shape index (κ3) is 5.12. The van der Waals surface area contributed by atoms with Gasteiger partial charge in [0.25, 0.3) is 5.91 Å². The number of halogens is 1. The fraction of sp³-hybridized carbons (Fsp3) is 0.0833. The van der Waals surface area contributed by atoms with Crippen molar-refractivity contribution in [2.24, 2.45) is 4.99 Å². The normalized spacial score (nSPS) is 16.1. The van der Waals surface area contributed by atoms with Crippen LogP contribution in [-0.2, 0) is 11.4 Å². The zero-order valence-electron chi connectivity index (χ0n) is 16.3. The number of amidine groups is 1.